The van der Waals surface area contributed by atoms with Gasteiger partial charge in [0.1, 0.15) is 5.75 Å². The number of benzene rings is 1. The van der Waals surface area contributed by atoms with E-state index < -0.39 is 0 Å². The molecule has 1 aromatic heterocycles. The van der Waals surface area contributed by atoms with Gasteiger partial charge in [0.05, 0.1) is 17.6 Å². The van der Waals surface area contributed by atoms with Gasteiger partial charge < -0.3 is 15.0 Å². The molecule has 3 rings (SSSR count). The van der Waals surface area contributed by atoms with Gasteiger partial charge in [0.15, 0.2) is 5.16 Å². The molecule has 1 saturated carbocycles. The van der Waals surface area contributed by atoms with Gasteiger partial charge in [0.2, 0.25) is 0 Å². The van der Waals surface area contributed by atoms with Gasteiger partial charge in [0, 0.05) is 17.4 Å². The second kappa shape index (κ2) is 6.06. The third-order valence-corrected chi connectivity index (χ3v) is 4.99. The molecule has 2 aromatic rings. The predicted molar refractivity (Wildman–Crippen MR) is 83.6 cm³/mol. The first-order valence-electron chi connectivity index (χ1n) is 7.25. The van der Waals surface area contributed by atoms with Crippen molar-refractivity contribution in [3.05, 3.63) is 18.2 Å². The van der Waals surface area contributed by atoms with Gasteiger partial charge in [-0.1, -0.05) is 11.8 Å². The number of thioether (sulfide) groups is 1. The number of nitrogens with zero attached hydrogens (tertiary/aromatic N) is 1. The van der Waals surface area contributed by atoms with E-state index in [0.29, 0.717) is 17.9 Å². The monoisotopic (exact) mass is 291 g/mol. The summed E-state index contributed by atoms with van der Waals surface area (Å²) in [5, 5.41) is 5.06. The van der Waals surface area contributed by atoms with Crippen LogP contribution in [0.2, 0.25) is 0 Å². The standard InChI is InChI=1S/C15H21N3OS/c1-3-19-11-5-7-13-14(9-11)18-15(17-13)20-12-6-4-10(8-12)16-2/h5,7,9-10,12,16H,3-4,6,8H2,1-2H3,(H,17,18). The topological polar surface area (TPSA) is 49.9 Å². The quantitative estimate of drug-likeness (QED) is 0.888. The minimum atomic E-state index is 0.666. The van der Waals surface area contributed by atoms with Crippen molar-refractivity contribution in [2.45, 2.75) is 42.6 Å². The van der Waals surface area contributed by atoms with Crippen LogP contribution in [0.1, 0.15) is 26.2 Å². The largest absolute Gasteiger partial charge is 0.494 e. The van der Waals surface area contributed by atoms with Crippen LogP contribution in [0.5, 0.6) is 5.75 Å². The van der Waals surface area contributed by atoms with Gasteiger partial charge in [-0.05, 0) is 45.4 Å². The van der Waals surface area contributed by atoms with Crippen molar-refractivity contribution in [3.8, 4) is 5.75 Å². The maximum atomic E-state index is 5.52. The zero-order chi connectivity index (χ0) is 13.9. The Kier molecular flexibility index (Phi) is 4.17. The zero-order valence-corrected chi connectivity index (χ0v) is 12.8. The highest BCUT2D eigenvalue weighted by Gasteiger charge is 2.25. The molecule has 0 spiro atoms. The van der Waals surface area contributed by atoms with Crippen molar-refractivity contribution in [3.63, 3.8) is 0 Å². The Hall–Kier alpha value is -1.20. The summed E-state index contributed by atoms with van der Waals surface area (Å²) in [5.41, 5.74) is 2.07. The lowest BCUT2D eigenvalue weighted by Gasteiger charge is -2.08. The summed E-state index contributed by atoms with van der Waals surface area (Å²) in [4.78, 5) is 8.07. The Morgan fingerprint density at radius 2 is 2.35 bits per heavy atom. The Morgan fingerprint density at radius 3 is 3.10 bits per heavy atom. The Labute approximate surface area is 123 Å². The van der Waals surface area contributed by atoms with Crippen molar-refractivity contribution < 1.29 is 4.74 Å². The average Bonchev–Trinajstić information content (AvgIpc) is 3.05. The van der Waals surface area contributed by atoms with Gasteiger partial charge in [-0.3, -0.25) is 0 Å². The van der Waals surface area contributed by atoms with E-state index in [1.165, 1.54) is 19.3 Å². The van der Waals surface area contributed by atoms with Crippen molar-refractivity contribution in [1.82, 2.24) is 15.3 Å². The molecule has 1 aromatic carbocycles. The van der Waals surface area contributed by atoms with Crippen molar-refractivity contribution >= 4 is 22.8 Å². The molecule has 1 heterocycles. The predicted octanol–water partition coefficient (Wildman–Crippen LogP) is 3.19. The fourth-order valence-corrected chi connectivity index (χ4v) is 3.96. The fraction of sp³-hybridized carbons (Fsp3) is 0.533. The highest BCUT2D eigenvalue weighted by atomic mass is 32.2. The summed E-state index contributed by atoms with van der Waals surface area (Å²) >= 11 is 1.87. The molecular weight excluding hydrogens is 270 g/mol. The Morgan fingerprint density at radius 1 is 1.45 bits per heavy atom. The minimum Gasteiger partial charge on any atom is -0.494 e. The van der Waals surface area contributed by atoms with Crippen LogP contribution in [0.4, 0.5) is 0 Å². The average molecular weight is 291 g/mol. The minimum absolute atomic E-state index is 0.666. The highest BCUT2D eigenvalue weighted by Crippen LogP contribution is 2.34. The number of hydrogen-bond donors (Lipinski definition) is 2. The number of ether oxygens (including phenoxy) is 1. The maximum absolute atomic E-state index is 5.52. The summed E-state index contributed by atoms with van der Waals surface area (Å²) < 4.78 is 5.52. The lowest BCUT2D eigenvalue weighted by molar-refractivity contribution is 0.340. The molecule has 108 valence electrons. The molecule has 0 amide bonds. The van der Waals surface area contributed by atoms with E-state index in [1.807, 2.05) is 43.9 Å². The van der Waals surface area contributed by atoms with Crippen LogP contribution < -0.4 is 10.1 Å². The van der Waals surface area contributed by atoms with Crippen molar-refractivity contribution in [2.75, 3.05) is 13.7 Å². The Balaban J connectivity index is 1.72. The third-order valence-electron chi connectivity index (χ3n) is 3.81. The molecule has 0 aliphatic heterocycles. The summed E-state index contributed by atoms with van der Waals surface area (Å²) in [6.45, 7) is 2.69. The molecule has 0 bridgehead atoms. The van der Waals surface area contributed by atoms with E-state index in [2.05, 4.69) is 15.3 Å². The fourth-order valence-electron chi connectivity index (χ4n) is 2.74. The van der Waals surface area contributed by atoms with Crippen LogP contribution in [0, 0.1) is 0 Å². The molecule has 0 saturated heterocycles. The number of H-pyrrole nitrogens is 1. The highest BCUT2D eigenvalue weighted by molar-refractivity contribution is 7.99. The van der Waals surface area contributed by atoms with Gasteiger partial charge in [-0.25, -0.2) is 4.98 Å². The molecule has 2 atom stereocenters. The van der Waals surface area contributed by atoms with Crippen LogP contribution >= 0.6 is 11.8 Å². The van der Waals surface area contributed by atoms with E-state index in [-0.39, 0.29) is 0 Å². The zero-order valence-electron chi connectivity index (χ0n) is 12.0. The number of nitrogens with one attached hydrogen (secondary N) is 2. The molecule has 2 unspecified atom stereocenters. The molecule has 20 heavy (non-hydrogen) atoms. The summed E-state index contributed by atoms with van der Waals surface area (Å²) in [6, 6.07) is 6.70. The van der Waals surface area contributed by atoms with Crippen molar-refractivity contribution in [2.24, 2.45) is 0 Å². The molecule has 0 radical (unpaired) electrons. The summed E-state index contributed by atoms with van der Waals surface area (Å²) in [5.74, 6) is 0.899. The second-order valence-electron chi connectivity index (χ2n) is 5.19. The van der Waals surface area contributed by atoms with E-state index in [1.54, 1.807) is 0 Å². The summed E-state index contributed by atoms with van der Waals surface area (Å²) in [7, 11) is 2.05. The molecule has 1 fully saturated rings. The third kappa shape index (κ3) is 2.94. The second-order valence-corrected chi connectivity index (χ2v) is 6.48. The lowest BCUT2D eigenvalue weighted by Crippen LogP contribution is -2.21. The number of aromatic nitrogens is 2. The number of rotatable bonds is 5. The molecule has 1 aliphatic rings. The van der Waals surface area contributed by atoms with E-state index in [4.69, 9.17) is 4.74 Å². The van der Waals surface area contributed by atoms with Gasteiger partial charge in [-0.2, -0.15) is 0 Å². The van der Waals surface area contributed by atoms with Gasteiger partial charge in [-0.15, -0.1) is 0 Å². The van der Waals surface area contributed by atoms with Crippen molar-refractivity contribution in [1.29, 1.82) is 0 Å². The first-order chi connectivity index (χ1) is 9.78. The van der Waals surface area contributed by atoms with Crippen LogP contribution in [-0.2, 0) is 0 Å². The van der Waals surface area contributed by atoms with E-state index in [0.717, 1.165) is 21.9 Å². The Bertz CT molecular complexity index is 584. The molecular formula is C15H21N3OS. The number of imidazole rings is 1. The summed E-state index contributed by atoms with van der Waals surface area (Å²) in [6.07, 6.45) is 3.75. The van der Waals surface area contributed by atoms with Crippen LogP contribution in [0.15, 0.2) is 23.4 Å². The van der Waals surface area contributed by atoms with Gasteiger partial charge in [0.25, 0.3) is 0 Å². The SMILES string of the molecule is CCOc1ccc2nc(SC3CCC(NC)C3)[nH]c2c1. The van der Waals surface area contributed by atoms with E-state index in [9.17, 15) is 0 Å². The van der Waals surface area contributed by atoms with Crippen LogP contribution in [0.25, 0.3) is 11.0 Å². The van der Waals surface area contributed by atoms with Gasteiger partial charge >= 0.3 is 0 Å². The normalized spacial score (nSPS) is 22.5. The number of hydrogen-bond acceptors (Lipinski definition) is 4. The smallest absolute Gasteiger partial charge is 0.166 e. The first-order valence-corrected chi connectivity index (χ1v) is 8.13. The maximum Gasteiger partial charge on any atom is 0.166 e. The van der Waals surface area contributed by atoms with Crippen LogP contribution in [0.3, 0.4) is 0 Å². The van der Waals surface area contributed by atoms with E-state index >= 15 is 0 Å². The van der Waals surface area contributed by atoms with Crippen LogP contribution in [-0.4, -0.2) is 34.9 Å². The number of aromatic amines is 1. The molecule has 1 aliphatic carbocycles. The molecule has 2 N–H and O–H groups in total. The molecule has 4 nitrogen and oxygen atoms in total. The molecule has 5 heteroatoms. The lowest BCUT2D eigenvalue weighted by atomic mass is 10.3. The number of fused-ring (bicyclic) bond motifs is 1. The first kappa shape index (κ1) is 13.8.